The van der Waals surface area contributed by atoms with E-state index in [-0.39, 0.29) is 24.2 Å². The molecule has 1 saturated carbocycles. The molecule has 2 N–H and O–H groups in total. The number of sulfonamides is 1. The van der Waals surface area contributed by atoms with E-state index in [1.54, 1.807) is 55.5 Å². The van der Waals surface area contributed by atoms with Gasteiger partial charge in [-0.1, -0.05) is 31.4 Å². The second-order valence-corrected chi connectivity index (χ2v) is 10.6. The van der Waals surface area contributed by atoms with Crippen LogP contribution in [0.4, 0.5) is 5.69 Å². The van der Waals surface area contributed by atoms with Crippen LogP contribution in [-0.4, -0.2) is 58.5 Å². The highest BCUT2D eigenvalue weighted by Crippen LogP contribution is 2.29. The summed E-state index contributed by atoms with van der Waals surface area (Å²) in [6.45, 7) is 1.62. The molecule has 37 heavy (non-hydrogen) atoms. The summed E-state index contributed by atoms with van der Waals surface area (Å²) in [6.07, 6.45) is 8.00. The maximum absolute atomic E-state index is 12.4. The van der Waals surface area contributed by atoms with Gasteiger partial charge < -0.3 is 14.8 Å². The van der Waals surface area contributed by atoms with Crippen LogP contribution in [0.15, 0.2) is 53.6 Å². The molecular weight excluding hydrogens is 496 g/mol. The predicted molar refractivity (Wildman–Crippen MR) is 142 cm³/mol. The maximum atomic E-state index is 12.4. The fourth-order valence-corrected chi connectivity index (χ4v) is 4.84. The first-order valence-electron chi connectivity index (χ1n) is 12.3. The number of rotatable bonds is 12. The lowest BCUT2D eigenvalue weighted by Gasteiger charge is -2.23. The van der Waals surface area contributed by atoms with Gasteiger partial charge in [0.1, 0.15) is 18.0 Å². The van der Waals surface area contributed by atoms with E-state index in [0.717, 1.165) is 36.2 Å². The third-order valence-corrected chi connectivity index (χ3v) is 6.87. The molecule has 0 unspecified atom stereocenters. The lowest BCUT2D eigenvalue weighted by molar-refractivity contribution is -0.124. The lowest BCUT2D eigenvalue weighted by Crippen LogP contribution is -2.39. The number of nitrogens with zero attached hydrogens (tertiary/aromatic N) is 2. The number of anilines is 1. The summed E-state index contributed by atoms with van der Waals surface area (Å²) in [5.41, 5.74) is 3.30. The van der Waals surface area contributed by atoms with Crippen molar-refractivity contribution in [3.63, 3.8) is 0 Å². The van der Waals surface area contributed by atoms with Gasteiger partial charge in [0.25, 0.3) is 11.8 Å². The van der Waals surface area contributed by atoms with Crippen LogP contribution in [0.5, 0.6) is 11.5 Å². The molecule has 0 spiro atoms. The Morgan fingerprint density at radius 1 is 1.03 bits per heavy atom. The molecule has 0 atom stereocenters. The van der Waals surface area contributed by atoms with Crippen LogP contribution in [-0.2, 0) is 19.6 Å². The number of nitrogens with one attached hydrogen (secondary N) is 2. The number of hydrogen-bond acceptors (Lipinski definition) is 7. The number of benzene rings is 2. The van der Waals surface area contributed by atoms with E-state index in [0.29, 0.717) is 23.7 Å². The van der Waals surface area contributed by atoms with Crippen LogP contribution >= 0.6 is 0 Å². The van der Waals surface area contributed by atoms with Gasteiger partial charge in [0.05, 0.1) is 24.8 Å². The Hall–Kier alpha value is -3.60. The third kappa shape index (κ3) is 9.09. The zero-order chi connectivity index (χ0) is 26.7. The van der Waals surface area contributed by atoms with E-state index in [1.807, 2.05) is 0 Å². The summed E-state index contributed by atoms with van der Waals surface area (Å²) < 4.78 is 36.8. The fourth-order valence-electron chi connectivity index (χ4n) is 3.98. The molecule has 11 heteroatoms. The van der Waals surface area contributed by atoms with Crippen LogP contribution in [0, 0.1) is 0 Å². The van der Waals surface area contributed by atoms with E-state index in [2.05, 4.69) is 15.8 Å². The smallest absolute Gasteiger partial charge is 0.260 e. The Kier molecular flexibility index (Phi) is 10.3. The first kappa shape index (κ1) is 28.0. The molecule has 1 aliphatic rings. The molecule has 0 radical (unpaired) electrons. The Morgan fingerprint density at radius 3 is 2.41 bits per heavy atom. The van der Waals surface area contributed by atoms with Gasteiger partial charge in [0, 0.05) is 6.04 Å². The molecule has 1 fully saturated rings. The first-order valence-corrected chi connectivity index (χ1v) is 14.1. The van der Waals surface area contributed by atoms with Gasteiger partial charge in [-0.2, -0.15) is 5.10 Å². The highest BCUT2D eigenvalue weighted by Gasteiger charge is 2.23. The van der Waals surface area contributed by atoms with Crippen LogP contribution in [0.1, 0.15) is 44.6 Å². The standard InChI is InChI=1S/C26H34N4O6S/c1-3-35-24-12-8-7-11-23(24)30(37(2,33)34)18-25(31)29-27-17-20-13-15-22(16-14-20)36-19-26(32)28-21-9-5-4-6-10-21/h7-8,11-17,21H,3-6,9-10,18-19H2,1-2H3,(H,28,32)(H,29,31)/b27-17-. The summed E-state index contributed by atoms with van der Waals surface area (Å²) in [5, 5.41) is 6.92. The molecule has 0 bridgehead atoms. The van der Waals surface area contributed by atoms with Crippen molar-refractivity contribution in [3.05, 3.63) is 54.1 Å². The highest BCUT2D eigenvalue weighted by atomic mass is 32.2. The Bertz CT molecular complexity index is 1180. The van der Waals surface area contributed by atoms with Crippen molar-refractivity contribution in [2.75, 3.05) is 30.3 Å². The zero-order valence-electron chi connectivity index (χ0n) is 21.2. The van der Waals surface area contributed by atoms with Crippen molar-refractivity contribution in [2.45, 2.75) is 45.1 Å². The number of para-hydroxylation sites is 2. The Labute approximate surface area is 218 Å². The SMILES string of the molecule is CCOc1ccccc1N(CC(=O)N/N=C\c1ccc(OCC(=O)NC2CCCCC2)cc1)S(C)(=O)=O. The average molecular weight is 531 g/mol. The van der Waals surface area contributed by atoms with Gasteiger partial charge in [-0.15, -0.1) is 0 Å². The normalized spacial score (nSPS) is 14.2. The van der Waals surface area contributed by atoms with Gasteiger partial charge in [0.2, 0.25) is 10.0 Å². The van der Waals surface area contributed by atoms with Crippen LogP contribution in [0.25, 0.3) is 0 Å². The maximum Gasteiger partial charge on any atom is 0.260 e. The second-order valence-electron chi connectivity index (χ2n) is 8.72. The molecule has 0 aliphatic heterocycles. The van der Waals surface area contributed by atoms with Gasteiger partial charge in [-0.25, -0.2) is 13.8 Å². The van der Waals surface area contributed by atoms with Crippen LogP contribution in [0.2, 0.25) is 0 Å². The first-order chi connectivity index (χ1) is 17.8. The Morgan fingerprint density at radius 2 is 1.73 bits per heavy atom. The third-order valence-electron chi connectivity index (χ3n) is 5.74. The van der Waals surface area contributed by atoms with E-state index in [1.165, 1.54) is 12.6 Å². The fraction of sp³-hybridized carbons (Fsp3) is 0.423. The molecule has 2 amide bonds. The molecule has 0 saturated heterocycles. The van der Waals surface area contributed by atoms with Crippen molar-refractivity contribution >= 4 is 33.7 Å². The minimum Gasteiger partial charge on any atom is -0.492 e. The average Bonchev–Trinajstić information content (AvgIpc) is 2.87. The number of ether oxygens (including phenoxy) is 2. The van der Waals surface area contributed by atoms with Crippen molar-refractivity contribution in [1.82, 2.24) is 10.7 Å². The van der Waals surface area contributed by atoms with Crippen LogP contribution < -0.4 is 24.5 Å². The topological polar surface area (TPSA) is 126 Å². The van der Waals surface area contributed by atoms with Gasteiger partial charge in [0.15, 0.2) is 6.61 Å². The molecule has 10 nitrogen and oxygen atoms in total. The van der Waals surface area contributed by atoms with E-state index < -0.39 is 22.5 Å². The zero-order valence-corrected chi connectivity index (χ0v) is 22.0. The van der Waals surface area contributed by atoms with Crippen molar-refractivity contribution < 1.29 is 27.5 Å². The molecule has 0 heterocycles. The molecular formula is C26H34N4O6S. The minimum atomic E-state index is -3.76. The number of hydrazone groups is 1. The highest BCUT2D eigenvalue weighted by molar-refractivity contribution is 7.92. The van der Waals surface area contributed by atoms with Crippen molar-refractivity contribution in [2.24, 2.45) is 5.10 Å². The summed E-state index contributed by atoms with van der Waals surface area (Å²) in [6, 6.07) is 13.7. The summed E-state index contributed by atoms with van der Waals surface area (Å²) in [7, 11) is -3.76. The van der Waals surface area contributed by atoms with E-state index in [4.69, 9.17) is 9.47 Å². The molecule has 2 aromatic carbocycles. The van der Waals surface area contributed by atoms with Gasteiger partial charge >= 0.3 is 0 Å². The monoisotopic (exact) mass is 530 g/mol. The van der Waals surface area contributed by atoms with Crippen molar-refractivity contribution in [1.29, 1.82) is 0 Å². The van der Waals surface area contributed by atoms with Gasteiger partial charge in [-0.3, -0.25) is 13.9 Å². The molecule has 3 rings (SSSR count). The van der Waals surface area contributed by atoms with Gasteiger partial charge in [-0.05, 0) is 61.7 Å². The quantitative estimate of drug-likeness (QED) is 0.321. The predicted octanol–water partition coefficient (Wildman–Crippen LogP) is 2.83. The largest absolute Gasteiger partial charge is 0.492 e. The molecule has 1 aliphatic carbocycles. The number of carbonyl (C=O) groups excluding carboxylic acids is 2. The number of hydrogen-bond donors (Lipinski definition) is 2. The summed E-state index contributed by atoms with van der Waals surface area (Å²) in [4.78, 5) is 24.5. The number of carbonyl (C=O) groups is 2. The summed E-state index contributed by atoms with van der Waals surface area (Å²) in [5.74, 6) is 0.154. The Balaban J connectivity index is 1.50. The summed E-state index contributed by atoms with van der Waals surface area (Å²) >= 11 is 0. The second kappa shape index (κ2) is 13.6. The molecule has 200 valence electrons. The van der Waals surface area contributed by atoms with E-state index >= 15 is 0 Å². The van der Waals surface area contributed by atoms with E-state index in [9.17, 15) is 18.0 Å². The lowest BCUT2D eigenvalue weighted by atomic mass is 9.95. The van der Waals surface area contributed by atoms with Crippen LogP contribution in [0.3, 0.4) is 0 Å². The molecule has 0 aromatic heterocycles. The van der Waals surface area contributed by atoms with Crippen molar-refractivity contribution in [3.8, 4) is 11.5 Å². The number of amides is 2. The minimum absolute atomic E-state index is 0.0523. The molecule has 2 aromatic rings.